The number of nitrogens with two attached hydrogens (primary N) is 1. The van der Waals surface area contributed by atoms with Gasteiger partial charge in [-0.25, -0.2) is 0 Å². The number of thioether (sulfide) groups is 1. The van der Waals surface area contributed by atoms with Crippen LogP contribution in [0, 0.1) is 0 Å². The number of amides is 1. The molecule has 1 heterocycles. The number of benzene rings is 1. The van der Waals surface area contributed by atoms with E-state index in [1.165, 1.54) is 11.8 Å². The van der Waals surface area contributed by atoms with Gasteiger partial charge in [0.1, 0.15) is 0 Å². The second-order valence-corrected chi connectivity index (χ2v) is 4.52. The van der Waals surface area contributed by atoms with E-state index in [1.807, 2.05) is 23.1 Å². The average molecular weight is 222 g/mol. The maximum absolute atomic E-state index is 11.7. The third kappa shape index (κ3) is 1.95. The molecule has 1 aromatic rings. The Morgan fingerprint density at radius 1 is 1.53 bits per heavy atom. The molecule has 1 aliphatic heterocycles. The molecule has 2 N–H and O–H groups in total. The zero-order chi connectivity index (χ0) is 10.8. The lowest BCUT2D eigenvalue weighted by atomic mass is 10.1. The zero-order valence-electron chi connectivity index (χ0n) is 8.69. The Kier molecular flexibility index (Phi) is 2.86. The van der Waals surface area contributed by atoms with E-state index in [0.717, 1.165) is 35.7 Å². The Morgan fingerprint density at radius 2 is 2.33 bits per heavy atom. The number of fused-ring (bicyclic) bond motifs is 1. The first-order valence-corrected chi connectivity index (χ1v) is 6.03. The molecule has 1 amide bonds. The molecule has 0 aromatic heterocycles. The second-order valence-electron chi connectivity index (χ2n) is 3.59. The van der Waals surface area contributed by atoms with Crippen molar-refractivity contribution >= 4 is 28.4 Å². The molecule has 4 heteroatoms. The van der Waals surface area contributed by atoms with Crippen molar-refractivity contribution in [3.8, 4) is 0 Å². The van der Waals surface area contributed by atoms with Crippen molar-refractivity contribution in [1.82, 2.24) is 0 Å². The van der Waals surface area contributed by atoms with E-state index in [2.05, 4.69) is 6.92 Å². The fraction of sp³-hybridized carbons (Fsp3) is 0.364. The number of carbonyl (C=O) groups excluding carboxylic acids is 1. The second kappa shape index (κ2) is 4.14. The Balaban J connectivity index is 2.39. The lowest BCUT2D eigenvalue weighted by Crippen LogP contribution is -2.31. The topological polar surface area (TPSA) is 46.3 Å². The van der Waals surface area contributed by atoms with Crippen LogP contribution in [0.5, 0.6) is 0 Å². The quantitative estimate of drug-likeness (QED) is 0.783. The van der Waals surface area contributed by atoms with Gasteiger partial charge < -0.3 is 10.6 Å². The fourth-order valence-electron chi connectivity index (χ4n) is 1.74. The lowest BCUT2D eigenvalue weighted by Gasteiger charge is -2.28. The van der Waals surface area contributed by atoms with Gasteiger partial charge in [-0.15, -0.1) is 0 Å². The van der Waals surface area contributed by atoms with E-state index in [-0.39, 0.29) is 5.24 Å². The summed E-state index contributed by atoms with van der Waals surface area (Å²) in [6, 6.07) is 5.75. The van der Waals surface area contributed by atoms with Gasteiger partial charge in [-0.2, -0.15) is 0 Å². The minimum absolute atomic E-state index is 0.147. The van der Waals surface area contributed by atoms with Crippen molar-refractivity contribution < 1.29 is 4.79 Å². The highest BCUT2D eigenvalue weighted by atomic mass is 32.2. The molecule has 15 heavy (non-hydrogen) atoms. The first kappa shape index (κ1) is 10.4. The summed E-state index contributed by atoms with van der Waals surface area (Å²) in [5, 5.41) is 0.147. The van der Waals surface area contributed by atoms with Gasteiger partial charge in [0, 0.05) is 23.7 Å². The van der Waals surface area contributed by atoms with Gasteiger partial charge in [0.25, 0.3) is 5.24 Å². The van der Waals surface area contributed by atoms with Gasteiger partial charge in [0.15, 0.2) is 0 Å². The summed E-state index contributed by atoms with van der Waals surface area (Å²) in [7, 11) is 0. The van der Waals surface area contributed by atoms with Crippen molar-refractivity contribution in [2.75, 3.05) is 17.2 Å². The Hall–Kier alpha value is -1.16. The molecular weight excluding hydrogens is 208 g/mol. The van der Waals surface area contributed by atoms with Crippen LogP contribution >= 0.6 is 11.8 Å². The third-order valence-corrected chi connectivity index (χ3v) is 3.34. The van der Waals surface area contributed by atoms with Crippen LogP contribution < -0.4 is 10.6 Å². The SMILES string of the molecule is CCCN1C(=O)SCc2cc(N)ccc21. The summed E-state index contributed by atoms with van der Waals surface area (Å²) in [4.78, 5) is 13.5. The summed E-state index contributed by atoms with van der Waals surface area (Å²) in [6.07, 6.45) is 0.968. The summed E-state index contributed by atoms with van der Waals surface area (Å²) in [6.45, 7) is 2.85. The molecule has 0 saturated carbocycles. The van der Waals surface area contributed by atoms with Crippen LogP contribution in [0.4, 0.5) is 16.2 Å². The van der Waals surface area contributed by atoms with Crippen LogP contribution in [0.1, 0.15) is 18.9 Å². The van der Waals surface area contributed by atoms with Gasteiger partial charge >= 0.3 is 0 Å². The van der Waals surface area contributed by atoms with Crippen LogP contribution in [0.3, 0.4) is 0 Å². The molecule has 0 fully saturated rings. The van der Waals surface area contributed by atoms with Crippen molar-refractivity contribution in [1.29, 1.82) is 0 Å². The standard InChI is InChI=1S/C11H14N2OS/c1-2-5-13-10-4-3-9(12)6-8(10)7-15-11(13)14/h3-4,6H,2,5,7,12H2,1H3. The molecule has 0 saturated heterocycles. The van der Waals surface area contributed by atoms with Crippen LogP contribution in [0.15, 0.2) is 18.2 Å². The number of nitrogen functional groups attached to an aromatic ring is 1. The first-order valence-electron chi connectivity index (χ1n) is 5.05. The highest BCUT2D eigenvalue weighted by molar-refractivity contribution is 8.13. The molecule has 0 atom stereocenters. The Labute approximate surface area is 93.6 Å². The molecule has 0 aliphatic carbocycles. The first-order chi connectivity index (χ1) is 7.22. The highest BCUT2D eigenvalue weighted by Gasteiger charge is 2.23. The number of carbonyl (C=O) groups is 1. The van der Waals surface area contributed by atoms with Gasteiger partial charge in [0.2, 0.25) is 0 Å². The molecule has 0 radical (unpaired) electrons. The van der Waals surface area contributed by atoms with E-state index in [4.69, 9.17) is 5.73 Å². The predicted octanol–water partition coefficient (Wildman–Crippen LogP) is 2.85. The molecule has 1 aliphatic rings. The minimum atomic E-state index is 0.147. The molecule has 0 spiro atoms. The van der Waals surface area contributed by atoms with Crippen molar-refractivity contribution in [3.05, 3.63) is 23.8 Å². The number of hydrogen-bond donors (Lipinski definition) is 1. The molecule has 0 bridgehead atoms. The van der Waals surface area contributed by atoms with E-state index < -0.39 is 0 Å². The number of hydrogen-bond acceptors (Lipinski definition) is 3. The summed E-state index contributed by atoms with van der Waals surface area (Å²) in [5.74, 6) is 0.736. The van der Waals surface area contributed by atoms with Gasteiger partial charge in [0.05, 0.1) is 0 Å². The lowest BCUT2D eigenvalue weighted by molar-refractivity contribution is 0.264. The molecule has 0 unspecified atom stereocenters. The zero-order valence-corrected chi connectivity index (χ0v) is 9.51. The normalized spacial score (nSPS) is 15.3. The molecule has 3 nitrogen and oxygen atoms in total. The molecular formula is C11H14N2OS. The van der Waals surface area contributed by atoms with E-state index in [1.54, 1.807) is 0 Å². The van der Waals surface area contributed by atoms with Crippen molar-refractivity contribution in [2.45, 2.75) is 19.1 Å². The van der Waals surface area contributed by atoms with E-state index >= 15 is 0 Å². The Morgan fingerprint density at radius 3 is 3.07 bits per heavy atom. The summed E-state index contributed by atoms with van der Waals surface area (Å²) >= 11 is 1.35. The number of rotatable bonds is 2. The molecule has 80 valence electrons. The fourth-order valence-corrected chi connectivity index (χ4v) is 2.59. The van der Waals surface area contributed by atoms with Crippen molar-refractivity contribution in [2.24, 2.45) is 0 Å². The largest absolute Gasteiger partial charge is 0.399 e. The third-order valence-electron chi connectivity index (χ3n) is 2.41. The number of anilines is 2. The highest BCUT2D eigenvalue weighted by Crippen LogP contribution is 2.34. The van der Waals surface area contributed by atoms with Crippen LogP contribution in [0.25, 0.3) is 0 Å². The van der Waals surface area contributed by atoms with Gasteiger partial charge in [-0.3, -0.25) is 4.79 Å². The van der Waals surface area contributed by atoms with Gasteiger partial charge in [-0.05, 0) is 30.2 Å². The summed E-state index contributed by atoms with van der Waals surface area (Å²) < 4.78 is 0. The van der Waals surface area contributed by atoms with Crippen LogP contribution in [-0.4, -0.2) is 11.8 Å². The average Bonchev–Trinajstić information content (AvgIpc) is 2.22. The van der Waals surface area contributed by atoms with Crippen LogP contribution in [-0.2, 0) is 5.75 Å². The van der Waals surface area contributed by atoms with Crippen LogP contribution in [0.2, 0.25) is 0 Å². The Bertz CT molecular complexity index is 392. The minimum Gasteiger partial charge on any atom is -0.399 e. The van der Waals surface area contributed by atoms with Gasteiger partial charge in [-0.1, -0.05) is 18.7 Å². The maximum Gasteiger partial charge on any atom is 0.286 e. The van der Waals surface area contributed by atoms with Crippen molar-refractivity contribution in [3.63, 3.8) is 0 Å². The maximum atomic E-state index is 11.7. The molecule has 1 aromatic carbocycles. The predicted molar refractivity (Wildman–Crippen MR) is 65.2 cm³/mol. The number of nitrogens with zero attached hydrogens (tertiary/aromatic N) is 1. The monoisotopic (exact) mass is 222 g/mol. The summed E-state index contributed by atoms with van der Waals surface area (Å²) in [5.41, 5.74) is 8.67. The van der Waals surface area contributed by atoms with E-state index in [9.17, 15) is 4.79 Å². The molecule has 2 rings (SSSR count). The van der Waals surface area contributed by atoms with E-state index in [0.29, 0.717) is 0 Å². The smallest absolute Gasteiger partial charge is 0.286 e.